The molecule has 0 aliphatic carbocycles. The molecule has 0 radical (unpaired) electrons. The molecule has 1 fully saturated rings. The SMILES string of the molecule is COc1cccc(CN2C(=O)C[C@@]3(C2=O)C(=O)N(CC(=O)O)c2ccc(Cl)cc23)c1. The number of imide groups is 1. The molecule has 3 amide bonds. The van der Waals surface area contributed by atoms with Gasteiger partial charge in [-0.1, -0.05) is 23.7 Å². The third-order valence-corrected chi connectivity index (χ3v) is 5.65. The average molecular weight is 429 g/mol. The molecule has 2 aromatic carbocycles. The number of carbonyl (C=O) groups is 4. The molecular formula is C21H17ClN2O6. The number of methoxy groups -OCH3 is 1. The smallest absolute Gasteiger partial charge is 0.323 e. The van der Waals surface area contributed by atoms with E-state index in [0.717, 1.165) is 9.80 Å². The quantitative estimate of drug-likeness (QED) is 0.576. The maximum Gasteiger partial charge on any atom is 0.323 e. The van der Waals surface area contributed by atoms with Gasteiger partial charge in [0.2, 0.25) is 17.7 Å². The van der Waals surface area contributed by atoms with Crippen LogP contribution < -0.4 is 9.64 Å². The largest absolute Gasteiger partial charge is 0.497 e. The summed E-state index contributed by atoms with van der Waals surface area (Å²) in [6.07, 6.45) is -0.377. The maximum atomic E-state index is 13.5. The van der Waals surface area contributed by atoms with Gasteiger partial charge in [-0.2, -0.15) is 0 Å². The number of ether oxygens (including phenoxy) is 1. The lowest BCUT2D eigenvalue weighted by Gasteiger charge is -2.22. The molecule has 0 saturated carbocycles. The monoisotopic (exact) mass is 428 g/mol. The number of carboxylic acids is 1. The van der Waals surface area contributed by atoms with Gasteiger partial charge in [0, 0.05) is 16.3 Å². The maximum absolute atomic E-state index is 13.5. The van der Waals surface area contributed by atoms with E-state index in [1.807, 2.05) is 0 Å². The van der Waals surface area contributed by atoms with Crippen LogP contribution in [0.25, 0.3) is 0 Å². The van der Waals surface area contributed by atoms with Crippen molar-refractivity contribution in [2.75, 3.05) is 18.6 Å². The lowest BCUT2D eigenvalue weighted by molar-refractivity contribution is -0.143. The van der Waals surface area contributed by atoms with Gasteiger partial charge in [0.15, 0.2) is 5.41 Å². The first-order valence-electron chi connectivity index (χ1n) is 9.09. The number of hydrogen-bond donors (Lipinski definition) is 1. The van der Waals surface area contributed by atoms with Crippen molar-refractivity contribution in [3.8, 4) is 5.75 Å². The van der Waals surface area contributed by atoms with E-state index in [2.05, 4.69) is 0 Å². The van der Waals surface area contributed by atoms with Crippen LogP contribution in [0.5, 0.6) is 5.75 Å². The predicted octanol–water partition coefficient (Wildman–Crippen LogP) is 1.98. The van der Waals surface area contributed by atoms with E-state index in [4.69, 9.17) is 16.3 Å². The van der Waals surface area contributed by atoms with Gasteiger partial charge in [-0.25, -0.2) is 0 Å². The Bertz CT molecular complexity index is 1100. The van der Waals surface area contributed by atoms with Gasteiger partial charge in [0.25, 0.3) is 0 Å². The van der Waals surface area contributed by atoms with Crippen molar-refractivity contribution in [3.05, 3.63) is 58.6 Å². The zero-order valence-corrected chi connectivity index (χ0v) is 16.7. The molecule has 1 N–H and O–H groups in total. The van der Waals surface area contributed by atoms with Gasteiger partial charge in [-0.3, -0.25) is 29.0 Å². The molecule has 0 unspecified atom stereocenters. The zero-order chi connectivity index (χ0) is 21.6. The molecule has 4 rings (SSSR count). The fraction of sp³-hybridized carbons (Fsp3) is 0.238. The Morgan fingerprint density at radius 3 is 2.57 bits per heavy atom. The molecule has 9 heteroatoms. The second-order valence-electron chi connectivity index (χ2n) is 7.17. The molecule has 30 heavy (non-hydrogen) atoms. The Morgan fingerprint density at radius 2 is 1.87 bits per heavy atom. The standard InChI is InChI=1S/C21H17ClN2O6/c1-30-14-4-2-3-12(7-14)10-24-17(25)9-21(20(24)29)15-8-13(22)5-6-16(15)23(19(21)28)11-18(26)27/h2-8H,9-11H2,1H3,(H,26,27)/t21-/m0/s1. The fourth-order valence-corrected chi connectivity index (χ4v) is 4.24. The summed E-state index contributed by atoms with van der Waals surface area (Å²) in [6.45, 7) is -0.648. The van der Waals surface area contributed by atoms with E-state index in [1.165, 1.54) is 25.3 Å². The van der Waals surface area contributed by atoms with Crippen molar-refractivity contribution < 1.29 is 29.0 Å². The van der Waals surface area contributed by atoms with E-state index in [1.54, 1.807) is 24.3 Å². The molecule has 0 bridgehead atoms. The van der Waals surface area contributed by atoms with Gasteiger partial charge in [-0.05, 0) is 35.9 Å². The summed E-state index contributed by atoms with van der Waals surface area (Å²) < 4.78 is 5.17. The molecule has 8 nitrogen and oxygen atoms in total. The average Bonchev–Trinajstić information content (AvgIpc) is 3.09. The highest BCUT2D eigenvalue weighted by Gasteiger charge is 2.63. The lowest BCUT2D eigenvalue weighted by atomic mass is 9.80. The Kier molecular flexibility index (Phi) is 4.74. The van der Waals surface area contributed by atoms with Crippen LogP contribution in [0.3, 0.4) is 0 Å². The van der Waals surface area contributed by atoms with Gasteiger partial charge in [0.05, 0.1) is 20.1 Å². The highest BCUT2D eigenvalue weighted by atomic mass is 35.5. The summed E-state index contributed by atoms with van der Waals surface area (Å²) >= 11 is 6.10. The molecule has 2 heterocycles. The Balaban J connectivity index is 1.76. The predicted molar refractivity (Wildman–Crippen MR) is 106 cm³/mol. The van der Waals surface area contributed by atoms with Gasteiger partial charge >= 0.3 is 5.97 Å². The van der Waals surface area contributed by atoms with Crippen LogP contribution in [0.15, 0.2) is 42.5 Å². The normalized spacial score (nSPS) is 20.3. The Morgan fingerprint density at radius 1 is 1.13 bits per heavy atom. The number of aliphatic carboxylic acids is 1. The number of rotatable bonds is 5. The van der Waals surface area contributed by atoms with E-state index in [9.17, 15) is 24.3 Å². The van der Waals surface area contributed by atoms with Crippen LogP contribution in [0.4, 0.5) is 5.69 Å². The van der Waals surface area contributed by atoms with Gasteiger partial charge in [-0.15, -0.1) is 0 Å². The molecule has 1 atom stereocenters. The summed E-state index contributed by atoms with van der Waals surface area (Å²) in [7, 11) is 1.51. The number of likely N-dealkylation sites (tertiary alicyclic amines) is 1. The lowest BCUT2D eigenvalue weighted by Crippen LogP contribution is -2.47. The van der Waals surface area contributed by atoms with Crippen molar-refractivity contribution >= 4 is 41.0 Å². The van der Waals surface area contributed by atoms with Crippen LogP contribution >= 0.6 is 11.6 Å². The van der Waals surface area contributed by atoms with Gasteiger partial charge < -0.3 is 9.84 Å². The van der Waals surface area contributed by atoms with Crippen molar-refractivity contribution in [2.45, 2.75) is 18.4 Å². The fourth-order valence-electron chi connectivity index (χ4n) is 4.07. The van der Waals surface area contributed by atoms with Crippen molar-refractivity contribution in [1.82, 2.24) is 4.90 Å². The zero-order valence-electron chi connectivity index (χ0n) is 15.9. The Hall–Kier alpha value is -3.39. The van der Waals surface area contributed by atoms with Gasteiger partial charge in [0.1, 0.15) is 12.3 Å². The van der Waals surface area contributed by atoms with E-state index >= 15 is 0 Å². The summed E-state index contributed by atoms with van der Waals surface area (Å²) in [5.41, 5.74) is -0.609. The van der Waals surface area contributed by atoms with E-state index in [0.29, 0.717) is 11.3 Å². The number of amides is 3. The molecular weight excluding hydrogens is 412 g/mol. The highest BCUT2D eigenvalue weighted by molar-refractivity contribution is 6.32. The number of nitrogens with zero attached hydrogens (tertiary/aromatic N) is 2. The second-order valence-corrected chi connectivity index (χ2v) is 7.60. The minimum atomic E-state index is -1.80. The number of benzene rings is 2. The number of hydrogen-bond acceptors (Lipinski definition) is 5. The summed E-state index contributed by atoms with van der Waals surface area (Å²) in [5.74, 6) is -2.58. The van der Waals surface area contributed by atoms with E-state index in [-0.39, 0.29) is 29.2 Å². The van der Waals surface area contributed by atoms with Crippen LogP contribution in [0.2, 0.25) is 5.02 Å². The molecule has 1 spiro atoms. The van der Waals surface area contributed by atoms with Crippen molar-refractivity contribution in [3.63, 3.8) is 0 Å². The first-order valence-corrected chi connectivity index (χ1v) is 9.47. The molecule has 0 aromatic heterocycles. The third-order valence-electron chi connectivity index (χ3n) is 5.42. The molecule has 2 aromatic rings. The number of anilines is 1. The van der Waals surface area contributed by atoms with Crippen LogP contribution in [-0.2, 0) is 31.1 Å². The number of carboxylic acid groups (broad SMARTS) is 1. The van der Waals surface area contributed by atoms with Crippen molar-refractivity contribution in [2.24, 2.45) is 0 Å². The number of carbonyl (C=O) groups excluding carboxylic acids is 3. The van der Waals surface area contributed by atoms with Crippen molar-refractivity contribution in [1.29, 1.82) is 0 Å². The first kappa shape index (κ1) is 19.9. The number of halogens is 1. The highest BCUT2D eigenvalue weighted by Crippen LogP contribution is 2.49. The second kappa shape index (κ2) is 7.14. The number of fused-ring (bicyclic) bond motifs is 2. The summed E-state index contributed by atoms with van der Waals surface area (Å²) in [6, 6.07) is 11.4. The minimum absolute atomic E-state index is 0.0290. The Labute approximate surface area is 176 Å². The summed E-state index contributed by atoms with van der Waals surface area (Å²) in [4.78, 5) is 52.9. The molecule has 2 aliphatic rings. The van der Waals surface area contributed by atoms with Crippen LogP contribution in [-0.4, -0.2) is 47.4 Å². The molecule has 2 aliphatic heterocycles. The van der Waals surface area contributed by atoms with Crippen LogP contribution in [0, 0.1) is 0 Å². The summed E-state index contributed by atoms with van der Waals surface area (Å²) in [5, 5.41) is 9.51. The van der Waals surface area contributed by atoms with E-state index < -0.39 is 35.7 Å². The van der Waals surface area contributed by atoms with Crippen LogP contribution in [0.1, 0.15) is 17.5 Å². The topological polar surface area (TPSA) is 104 Å². The molecule has 154 valence electrons. The minimum Gasteiger partial charge on any atom is -0.497 e. The molecule has 1 saturated heterocycles. The third kappa shape index (κ3) is 2.91. The first-order chi connectivity index (χ1) is 14.3.